The van der Waals surface area contributed by atoms with Crippen LogP contribution < -0.4 is 0 Å². The van der Waals surface area contributed by atoms with Crippen molar-refractivity contribution in [3.8, 4) is 11.4 Å². The zero-order chi connectivity index (χ0) is 12.4. The predicted molar refractivity (Wildman–Crippen MR) is 59.1 cm³/mol. The first-order chi connectivity index (χ1) is 8.08. The van der Waals surface area contributed by atoms with Crippen molar-refractivity contribution in [3.63, 3.8) is 0 Å². The Kier molecular flexibility index (Phi) is 2.82. The number of benzene rings is 1. The minimum atomic E-state index is -1.14. The van der Waals surface area contributed by atoms with Crippen molar-refractivity contribution >= 4 is 5.97 Å². The van der Waals surface area contributed by atoms with Gasteiger partial charge in [-0.3, -0.25) is 0 Å². The normalized spacial score (nSPS) is 10.2. The molecule has 2 aromatic rings. The highest BCUT2D eigenvalue weighted by molar-refractivity contribution is 5.85. The maximum atomic E-state index is 13.4. The topological polar surface area (TPSA) is 63.1 Å². The van der Waals surface area contributed by atoms with Gasteiger partial charge in [0.2, 0.25) is 0 Å². The van der Waals surface area contributed by atoms with Gasteiger partial charge in [0.25, 0.3) is 0 Å². The molecule has 1 N–H and O–H groups in total. The number of rotatable bonds is 2. The zero-order valence-corrected chi connectivity index (χ0v) is 9.01. The molecule has 0 aliphatic rings. The Bertz CT molecular complexity index is 584. The van der Waals surface area contributed by atoms with E-state index in [2.05, 4.69) is 9.97 Å². The smallest absolute Gasteiger partial charge is 0.354 e. The van der Waals surface area contributed by atoms with Crippen LogP contribution in [0.15, 0.2) is 30.5 Å². The summed E-state index contributed by atoms with van der Waals surface area (Å²) in [5.74, 6) is -1.31. The fraction of sp³-hybridized carbons (Fsp3) is 0.0833. The molecule has 0 unspecified atom stereocenters. The van der Waals surface area contributed by atoms with E-state index in [0.717, 1.165) is 0 Å². The average molecular weight is 232 g/mol. The molecule has 0 saturated carbocycles. The summed E-state index contributed by atoms with van der Waals surface area (Å²) in [5, 5.41) is 8.79. The number of aryl methyl sites for hydroxylation is 1. The predicted octanol–water partition coefficient (Wildman–Crippen LogP) is 2.29. The van der Waals surface area contributed by atoms with Crippen LogP contribution in [0.25, 0.3) is 11.4 Å². The molecule has 0 amide bonds. The Morgan fingerprint density at radius 3 is 2.76 bits per heavy atom. The van der Waals surface area contributed by atoms with Gasteiger partial charge in [0.05, 0.1) is 0 Å². The van der Waals surface area contributed by atoms with Gasteiger partial charge in [-0.05, 0) is 24.6 Å². The summed E-state index contributed by atoms with van der Waals surface area (Å²) in [7, 11) is 0. The van der Waals surface area contributed by atoms with E-state index in [1.54, 1.807) is 19.1 Å². The molecule has 0 fully saturated rings. The molecule has 1 aromatic heterocycles. The van der Waals surface area contributed by atoms with Gasteiger partial charge < -0.3 is 5.11 Å². The molecule has 0 radical (unpaired) electrons. The summed E-state index contributed by atoms with van der Waals surface area (Å²) in [6, 6.07) is 5.83. The van der Waals surface area contributed by atoms with Crippen molar-refractivity contribution in [2.24, 2.45) is 0 Å². The van der Waals surface area contributed by atoms with E-state index in [1.807, 2.05) is 0 Å². The molecule has 5 heteroatoms. The molecule has 4 nitrogen and oxygen atoms in total. The van der Waals surface area contributed by atoms with E-state index in [0.29, 0.717) is 11.1 Å². The summed E-state index contributed by atoms with van der Waals surface area (Å²) in [5.41, 5.74) is 0.857. The largest absolute Gasteiger partial charge is 0.477 e. The Balaban J connectivity index is 2.49. The molecule has 17 heavy (non-hydrogen) atoms. The Morgan fingerprint density at radius 2 is 2.12 bits per heavy atom. The van der Waals surface area contributed by atoms with E-state index in [1.165, 1.54) is 18.3 Å². The van der Waals surface area contributed by atoms with Crippen molar-refractivity contribution in [1.29, 1.82) is 0 Å². The van der Waals surface area contributed by atoms with Crippen LogP contribution >= 0.6 is 0 Å². The lowest BCUT2D eigenvalue weighted by Gasteiger charge is -2.02. The van der Waals surface area contributed by atoms with Crippen LogP contribution in [0.5, 0.6) is 0 Å². The van der Waals surface area contributed by atoms with E-state index in [4.69, 9.17) is 5.11 Å². The number of carboxylic acids is 1. The third-order valence-corrected chi connectivity index (χ3v) is 2.30. The molecule has 0 spiro atoms. The number of aromatic carboxylic acids is 1. The van der Waals surface area contributed by atoms with Crippen LogP contribution in [-0.2, 0) is 0 Å². The van der Waals surface area contributed by atoms with Gasteiger partial charge in [-0.1, -0.05) is 12.1 Å². The van der Waals surface area contributed by atoms with Crippen LogP contribution in [0.4, 0.5) is 4.39 Å². The second-order valence-electron chi connectivity index (χ2n) is 3.53. The highest BCUT2D eigenvalue weighted by atomic mass is 19.1. The summed E-state index contributed by atoms with van der Waals surface area (Å²) < 4.78 is 13.4. The maximum Gasteiger partial charge on any atom is 0.354 e. The maximum absolute atomic E-state index is 13.4. The first-order valence-corrected chi connectivity index (χ1v) is 4.91. The van der Waals surface area contributed by atoms with E-state index in [-0.39, 0.29) is 17.3 Å². The molecular formula is C12H9FN2O2. The standard InChI is InChI=1S/C12H9FN2O2/c1-7-2-3-8(6-9(7)13)11-14-5-4-10(15-11)12(16)17/h2-6H,1H3,(H,16,17). The minimum Gasteiger partial charge on any atom is -0.477 e. The Morgan fingerprint density at radius 1 is 1.35 bits per heavy atom. The lowest BCUT2D eigenvalue weighted by atomic mass is 10.1. The van der Waals surface area contributed by atoms with E-state index in [9.17, 15) is 9.18 Å². The molecule has 86 valence electrons. The molecule has 0 aliphatic heterocycles. The van der Waals surface area contributed by atoms with Gasteiger partial charge in [-0.2, -0.15) is 0 Å². The highest BCUT2D eigenvalue weighted by Crippen LogP contribution is 2.18. The fourth-order valence-electron chi connectivity index (χ4n) is 1.35. The first kappa shape index (κ1) is 11.2. The summed E-state index contributed by atoms with van der Waals surface area (Å²) in [4.78, 5) is 18.5. The second kappa shape index (κ2) is 4.29. The number of aromatic nitrogens is 2. The van der Waals surface area contributed by atoms with Crippen LogP contribution in [0.1, 0.15) is 16.1 Å². The zero-order valence-electron chi connectivity index (χ0n) is 9.01. The monoisotopic (exact) mass is 232 g/mol. The molecule has 1 aromatic carbocycles. The van der Waals surface area contributed by atoms with Gasteiger partial charge in [0.1, 0.15) is 5.82 Å². The number of carbonyl (C=O) groups is 1. The summed E-state index contributed by atoms with van der Waals surface area (Å²) in [6.45, 7) is 1.65. The molecule has 0 bridgehead atoms. The number of halogens is 1. The van der Waals surface area contributed by atoms with Gasteiger partial charge in [0, 0.05) is 11.8 Å². The van der Waals surface area contributed by atoms with Crippen LogP contribution in [0, 0.1) is 12.7 Å². The molecular weight excluding hydrogens is 223 g/mol. The molecule has 0 saturated heterocycles. The SMILES string of the molecule is Cc1ccc(-c2nccc(C(=O)O)n2)cc1F. The van der Waals surface area contributed by atoms with Gasteiger partial charge in [-0.15, -0.1) is 0 Å². The highest BCUT2D eigenvalue weighted by Gasteiger charge is 2.09. The van der Waals surface area contributed by atoms with E-state index < -0.39 is 5.97 Å². The van der Waals surface area contributed by atoms with Crippen molar-refractivity contribution in [1.82, 2.24) is 9.97 Å². The second-order valence-corrected chi connectivity index (χ2v) is 3.53. The molecule has 0 aliphatic carbocycles. The molecule has 2 rings (SSSR count). The third kappa shape index (κ3) is 2.28. The van der Waals surface area contributed by atoms with Gasteiger partial charge >= 0.3 is 5.97 Å². The van der Waals surface area contributed by atoms with E-state index >= 15 is 0 Å². The lowest BCUT2D eigenvalue weighted by Crippen LogP contribution is -2.02. The van der Waals surface area contributed by atoms with Crippen LogP contribution in [0.3, 0.4) is 0 Å². The lowest BCUT2D eigenvalue weighted by molar-refractivity contribution is 0.0690. The quantitative estimate of drug-likeness (QED) is 0.862. The van der Waals surface area contributed by atoms with Crippen LogP contribution in [-0.4, -0.2) is 21.0 Å². The van der Waals surface area contributed by atoms with Crippen molar-refractivity contribution in [2.75, 3.05) is 0 Å². The Hall–Kier alpha value is -2.30. The van der Waals surface area contributed by atoms with Gasteiger partial charge in [0.15, 0.2) is 11.5 Å². The van der Waals surface area contributed by atoms with Crippen molar-refractivity contribution < 1.29 is 14.3 Å². The molecule has 0 atom stereocenters. The third-order valence-electron chi connectivity index (χ3n) is 2.30. The first-order valence-electron chi connectivity index (χ1n) is 4.91. The summed E-state index contributed by atoms with van der Waals surface area (Å²) >= 11 is 0. The van der Waals surface area contributed by atoms with Crippen LogP contribution in [0.2, 0.25) is 0 Å². The Labute approximate surface area is 96.8 Å². The number of nitrogens with zero attached hydrogens (tertiary/aromatic N) is 2. The average Bonchev–Trinajstić information content (AvgIpc) is 2.33. The van der Waals surface area contributed by atoms with Crippen molar-refractivity contribution in [2.45, 2.75) is 6.92 Å². The summed E-state index contributed by atoms with van der Waals surface area (Å²) in [6.07, 6.45) is 1.34. The van der Waals surface area contributed by atoms with Crippen molar-refractivity contribution in [3.05, 3.63) is 47.5 Å². The number of carboxylic acid groups (broad SMARTS) is 1. The number of hydrogen-bond acceptors (Lipinski definition) is 3. The fourth-order valence-corrected chi connectivity index (χ4v) is 1.35. The van der Waals surface area contributed by atoms with Gasteiger partial charge in [-0.25, -0.2) is 19.2 Å². The minimum absolute atomic E-state index is 0.115. The molecule has 1 heterocycles. The number of hydrogen-bond donors (Lipinski definition) is 1.